The molecule has 3 rings (SSSR count). The average Bonchev–Trinajstić information content (AvgIpc) is 3.02. The fourth-order valence-corrected chi connectivity index (χ4v) is 3.66. The molecule has 5 nitrogen and oxygen atoms in total. The molecule has 10 heteroatoms. The number of aliphatic imine (C=N–C) groups is 1. The van der Waals surface area contributed by atoms with Crippen molar-refractivity contribution >= 4 is 46.2 Å². The summed E-state index contributed by atoms with van der Waals surface area (Å²) >= 11 is 6.64. The van der Waals surface area contributed by atoms with Gasteiger partial charge in [0.05, 0.1) is 34.9 Å². The molecule has 158 valence electrons. The van der Waals surface area contributed by atoms with Crippen LogP contribution in [0.1, 0.15) is 18.1 Å². The Morgan fingerprint density at radius 3 is 2.63 bits per heavy atom. The highest BCUT2D eigenvalue weighted by molar-refractivity contribution is 8.18. The quantitative estimate of drug-likeness (QED) is 0.590. The van der Waals surface area contributed by atoms with Crippen LogP contribution in [0.15, 0.2) is 46.3 Å². The predicted octanol–water partition coefficient (Wildman–Crippen LogP) is 5.66. The Morgan fingerprint density at radius 1 is 1.20 bits per heavy atom. The smallest absolute Gasteiger partial charge is 0.417 e. The summed E-state index contributed by atoms with van der Waals surface area (Å²) in [4.78, 5) is 16.7. The van der Waals surface area contributed by atoms with Gasteiger partial charge in [-0.15, -0.1) is 0 Å². The van der Waals surface area contributed by atoms with E-state index in [2.05, 4.69) is 10.3 Å². The number of ether oxygens (including phenoxy) is 2. The zero-order valence-electron chi connectivity index (χ0n) is 15.8. The summed E-state index contributed by atoms with van der Waals surface area (Å²) in [5.74, 6) is 0.692. The van der Waals surface area contributed by atoms with Crippen LogP contribution in [0.3, 0.4) is 0 Å². The lowest BCUT2D eigenvalue weighted by molar-refractivity contribution is -0.137. The number of hydrogen-bond acceptors (Lipinski definition) is 5. The lowest BCUT2D eigenvalue weighted by atomic mass is 10.2. The van der Waals surface area contributed by atoms with E-state index in [1.165, 1.54) is 13.2 Å². The van der Waals surface area contributed by atoms with E-state index >= 15 is 0 Å². The zero-order chi connectivity index (χ0) is 21.9. The van der Waals surface area contributed by atoms with Gasteiger partial charge in [0.1, 0.15) is 0 Å². The molecule has 1 aliphatic rings. The summed E-state index contributed by atoms with van der Waals surface area (Å²) in [6.07, 6.45) is -2.97. The lowest BCUT2D eigenvalue weighted by Crippen LogP contribution is -2.19. The van der Waals surface area contributed by atoms with Crippen molar-refractivity contribution in [2.24, 2.45) is 4.99 Å². The fraction of sp³-hybridized carbons (Fsp3) is 0.200. The van der Waals surface area contributed by atoms with Crippen LogP contribution in [-0.4, -0.2) is 24.8 Å². The number of carbonyl (C=O) groups excluding carboxylic acids is 1. The van der Waals surface area contributed by atoms with Gasteiger partial charge < -0.3 is 14.8 Å². The van der Waals surface area contributed by atoms with E-state index in [-0.39, 0.29) is 10.9 Å². The van der Waals surface area contributed by atoms with E-state index < -0.39 is 22.7 Å². The molecule has 0 aromatic heterocycles. The molecule has 1 heterocycles. The molecule has 0 aliphatic carbocycles. The normalized spacial score (nSPS) is 16.8. The predicted molar refractivity (Wildman–Crippen MR) is 111 cm³/mol. The number of nitrogens with zero attached hydrogens (tertiary/aromatic N) is 1. The largest absolute Gasteiger partial charge is 0.493 e. The lowest BCUT2D eigenvalue weighted by Gasteiger charge is -2.09. The Morgan fingerprint density at radius 2 is 1.97 bits per heavy atom. The summed E-state index contributed by atoms with van der Waals surface area (Å²) in [6.45, 7) is 2.34. The van der Waals surface area contributed by atoms with Crippen LogP contribution < -0.4 is 14.8 Å². The Labute approximate surface area is 179 Å². The van der Waals surface area contributed by atoms with Gasteiger partial charge in [-0.3, -0.25) is 4.79 Å². The highest BCUT2D eigenvalue weighted by atomic mass is 35.5. The Balaban J connectivity index is 1.85. The monoisotopic (exact) mass is 456 g/mol. The van der Waals surface area contributed by atoms with E-state index in [0.29, 0.717) is 28.6 Å². The topological polar surface area (TPSA) is 59.9 Å². The van der Waals surface area contributed by atoms with Gasteiger partial charge in [-0.1, -0.05) is 17.7 Å². The second-order valence-corrected chi connectivity index (χ2v) is 7.42. The first-order valence-electron chi connectivity index (χ1n) is 8.68. The van der Waals surface area contributed by atoms with Crippen molar-refractivity contribution in [3.63, 3.8) is 0 Å². The minimum Gasteiger partial charge on any atom is -0.493 e. The SMILES string of the molecule is CCOc1ccc(C=C2SC(=Nc3ccc(Cl)c(C(F)(F)F)c3)NC2=O)cc1OC. The van der Waals surface area contributed by atoms with Crippen molar-refractivity contribution in [2.45, 2.75) is 13.1 Å². The number of rotatable bonds is 5. The third-order valence-electron chi connectivity index (χ3n) is 3.92. The molecule has 1 aliphatic heterocycles. The Hall–Kier alpha value is -2.65. The number of methoxy groups -OCH3 is 1. The zero-order valence-corrected chi connectivity index (χ0v) is 17.4. The number of alkyl halides is 3. The van der Waals surface area contributed by atoms with Crippen molar-refractivity contribution in [2.75, 3.05) is 13.7 Å². The number of thioether (sulfide) groups is 1. The third-order valence-corrected chi connectivity index (χ3v) is 5.16. The van der Waals surface area contributed by atoms with Crippen LogP contribution in [0.25, 0.3) is 6.08 Å². The number of amides is 1. The molecule has 1 N–H and O–H groups in total. The number of hydrogen-bond donors (Lipinski definition) is 1. The molecule has 0 saturated carbocycles. The standard InChI is InChI=1S/C20H16ClF3N2O3S/c1-3-29-15-7-4-11(8-16(15)28-2)9-17-18(27)26-19(30-17)25-12-5-6-14(21)13(10-12)20(22,23)24/h4-10H,3H2,1-2H3,(H,25,26,27). The average molecular weight is 457 g/mol. The maximum Gasteiger partial charge on any atom is 0.417 e. The van der Waals surface area contributed by atoms with E-state index in [9.17, 15) is 18.0 Å². The van der Waals surface area contributed by atoms with E-state index in [1.54, 1.807) is 24.3 Å². The van der Waals surface area contributed by atoms with Crippen molar-refractivity contribution in [1.82, 2.24) is 5.32 Å². The van der Waals surface area contributed by atoms with Gasteiger partial charge in [0.15, 0.2) is 16.7 Å². The maximum absolute atomic E-state index is 13.0. The van der Waals surface area contributed by atoms with Gasteiger partial charge in [-0.2, -0.15) is 13.2 Å². The number of nitrogens with one attached hydrogen (secondary N) is 1. The van der Waals surface area contributed by atoms with Gasteiger partial charge in [0.25, 0.3) is 5.91 Å². The number of halogens is 4. The fourth-order valence-electron chi connectivity index (χ4n) is 2.60. The van der Waals surface area contributed by atoms with Crippen LogP contribution in [-0.2, 0) is 11.0 Å². The Kier molecular flexibility index (Phi) is 6.62. The molecule has 0 radical (unpaired) electrons. The summed E-state index contributed by atoms with van der Waals surface area (Å²) in [6, 6.07) is 8.51. The number of carbonyl (C=O) groups is 1. The van der Waals surface area contributed by atoms with Crippen molar-refractivity contribution in [3.8, 4) is 11.5 Å². The van der Waals surface area contributed by atoms with Gasteiger partial charge >= 0.3 is 6.18 Å². The van der Waals surface area contributed by atoms with Crippen molar-refractivity contribution in [3.05, 3.63) is 57.5 Å². The molecule has 1 amide bonds. The van der Waals surface area contributed by atoms with Crippen LogP contribution in [0.4, 0.5) is 18.9 Å². The minimum atomic E-state index is -4.60. The van der Waals surface area contributed by atoms with Crippen LogP contribution >= 0.6 is 23.4 Å². The first kappa shape index (κ1) is 22.0. The van der Waals surface area contributed by atoms with E-state index in [4.69, 9.17) is 21.1 Å². The van der Waals surface area contributed by atoms with Gasteiger partial charge in [0, 0.05) is 0 Å². The molecule has 30 heavy (non-hydrogen) atoms. The summed E-state index contributed by atoms with van der Waals surface area (Å²) in [7, 11) is 1.51. The van der Waals surface area contributed by atoms with Crippen molar-refractivity contribution in [1.29, 1.82) is 0 Å². The van der Waals surface area contributed by atoms with Crippen LogP contribution in [0.5, 0.6) is 11.5 Å². The molecule has 1 saturated heterocycles. The molecule has 0 spiro atoms. The first-order valence-corrected chi connectivity index (χ1v) is 9.88. The second kappa shape index (κ2) is 9.01. The second-order valence-electron chi connectivity index (χ2n) is 5.99. The first-order chi connectivity index (χ1) is 14.2. The highest BCUT2D eigenvalue weighted by Crippen LogP contribution is 2.38. The summed E-state index contributed by atoms with van der Waals surface area (Å²) < 4.78 is 49.8. The molecule has 0 unspecified atom stereocenters. The van der Waals surface area contributed by atoms with E-state index in [1.807, 2.05) is 6.92 Å². The molecule has 0 bridgehead atoms. The minimum absolute atomic E-state index is 0.0264. The molecule has 2 aromatic carbocycles. The van der Waals surface area contributed by atoms with Gasteiger partial charge in [-0.05, 0) is 60.7 Å². The van der Waals surface area contributed by atoms with Crippen molar-refractivity contribution < 1.29 is 27.4 Å². The Bertz CT molecular complexity index is 1040. The molecule has 0 atom stereocenters. The summed E-state index contributed by atoms with van der Waals surface area (Å²) in [5.41, 5.74) is -0.267. The molecular formula is C20H16ClF3N2O3S. The van der Waals surface area contributed by atoms with Gasteiger partial charge in [-0.25, -0.2) is 4.99 Å². The maximum atomic E-state index is 13.0. The third kappa shape index (κ3) is 5.09. The highest BCUT2D eigenvalue weighted by Gasteiger charge is 2.33. The van der Waals surface area contributed by atoms with E-state index in [0.717, 1.165) is 23.9 Å². The number of benzene rings is 2. The molecule has 2 aromatic rings. The summed E-state index contributed by atoms with van der Waals surface area (Å²) in [5, 5.41) is 2.29. The van der Waals surface area contributed by atoms with Crippen LogP contribution in [0.2, 0.25) is 5.02 Å². The van der Waals surface area contributed by atoms with Crippen LogP contribution in [0, 0.1) is 0 Å². The molecule has 1 fully saturated rings. The number of amidine groups is 1. The molecular weight excluding hydrogens is 441 g/mol. The van der Waals surface area contributed by atoms with Gasteiger partial charge in [0.2, 0.25) is 0 Å².